The van der Waals surface area contributed by atoms with Gasteiger partial charge in [0.1, 0.15) is 5.69 Å². The number of thiazole rings is 1. The van der Waals surface area contributed by atoms with Crippen molar-refractivity contribution in [3.8, 4) is 0 Å². The Balaban J connectivity index is 0.00000242. The minimum absolute atomic E-state index is 0. The van der Waals surface area contributed by atoms with Crippen molar-refractivity contribution in [1.82, 2.24) is 9.88 Å². The monoisotopic (exact) mass is 357 g/mol. The van der Waals surface area contributed by atoms with E-state index in [1.807, 2.05) is 0 Å². The molecule has 0 saturated heterocycles. The molecule has 0 aliphatic heterocycles. The highest BCUT2D eigenvalue weighted by atomic mass is 35.5. The lowest BCUT2D eigenvalue weighted by Gasteiger charge is -2.22. The lowest BCUT2D eigenvalue weighted by Crippen LogP contribution is -2.36. The second-order valence-electron chi connectivity index (χ2n) is 5.22. The van der Waals surface area contributed by atoms with E-state index < -0.39 is 18.5 Å². The third kappa shape index (κ3) is 6.10. The zero-order valence-electron chi connectivity index (χ0n) is 11.9. The summed E-state index contributed by atoms with van der Waals surface area (Å²) in [5.74, 6) is -0.0741. The molecule has 0 aromatic carbocycles. The molecule has 9 heteroatoms. The first kappa shape index (κ1) is 19.2. The number of alkyl halides is 3. The van der Waals surface area contributed by atoms with Gasteiger partial charge in [0.25, 0.3) is 5.91 Å². The van der Waals surface area contributed by atoms with Gasteiger partial charge in [0.2, 0.25) is 0 Å². The van der Waals surface area contributed by atoms with Crippen LogP contribution in [0.1, 0.15) is 34.8 Å². The topological polar surface area (TPSA) is 59.2 Å². The van der Waals surface area contributed by atoms with Crippen LogP contribution in [0.15, 0.2) is 5.38 Å². The summed E-state index contributed by atoms with van der Waals surface area (Å²) in [6.45, 7) is 0.516. The summed E-state index contributed by atoms with van der Waals surface area (Å²) in [7, 11) is 0. The molecular weight excluding hydrogens is 339 g/mol. The molecule has 0 atom stereocenters. The molecule has 1 aromatic heterocycles. The van der Waals surface area contributed by atoms with Crippen molar-refractivity contribution >= 4 is 29.7 Å². The van der Waals surface area contributed by atoms with Gasteiger partial charge in [-0.2, -0.15) is 13.2 Å². The Morgan fingerprint density at radius 2 is 2.14 bits per heavy atom. The standard InChI is InChI=1S/C13H18F3N3OS.ClH/c14-13(15,16)4-6-19(7-9-1-2-9)12(20)10-8-21-11(18-10)3-5-17;/h8-9H,1-7,17H2;1H. The van der Waals surface area contributed by atoms with Crippen LogP contribution in [0.3, 0.4) is 0 Å². The number of halogens is 4. The van der Waals surface area contributed by atoms with E-state index in [2.05, 4.69) is 4.98 Å². The second-order valence-corrected chi connectivity index (χ2v) is 6.17. The van der Waals surface area contributed by atoms with Crippen LogP contribution in [0.2, 0.25) is 0 Å². The summed E-state index contributed by atoms with van der Waals surface area (Å²) in [5, 5.41) is 2.34. The minimum Gasteiger partial charge on any atom is -0.337 e. The van der Waals surface area contributed by atoms with Gasteiger partial charge in [-0.15, -0.1) is 23.7 Å². The largest absolute Gasteiger partial charge is 0.390 e. The normalized spacial score (nSPS) is 14.5. The molecule has 126 valence electrons. The van der Waals surface area contributed by atoms with E-state index in [1.165, 1.54) is 16.2 Å². The van der Waals surface area contributed by atoms with E-state index in [0.29, 0.717) is 25.4 Å². The van der Waals surface area contributed by atoms with E-state index in [0.717, 1.165) is 17.8 Å². The molecule has 1 aromatic rings. The average molecular weight is 358 g/mol. The maximum absolute atomic E-state index is 12.4. The van der Waals surface area contributed by atoms with Gasteiger partial charge >= 0.3 is 6.18 Å². The predicted octanol–water partition coefficient (Wildman–Crippen LogP) is 2.87. The van der Waals surface area contributed by atoms with Crippen LogP contribution < -0.4 is 5.73 Å². The predicted molar refractivity (Wildman–Crippen MR) is 81.4 cm³/mol. The molecule has 2 rings (SSSR count). The molecule has 1 fully saturated rings. The number of carbonyl (C=O) groups is 1. The molecule has 0 radical (unpaired) electrons. The van der Waals surface area contributed by atoms with Crippen LogP contribution in [-0.2, 0) is 6.42 Å². The molecule has 1 amide bonds. The quantitative estimate of drug-likeness (QED) is 0.816. The van der Waals surface area contributed by atoms with Gasteiger partial charge in [-0.3, -0.25) is 4.79 Å². The smallest absolute Gasteiger partial charge is 0.337 e. The highest BCUT2D eigenvalue weighted by Crippen LogP contribution is 2.31. The van der Waals surface area contributed by atoms with Gasteiger partial charge < -0.3 is 10.6 Å². The average Bonchev–Trinajstić information content (AvgIpc) is 3.10. The Kier molecular flexibility index (Phi) is 7.08. The Hall–Kier alpha value is -0.860. The van der Waals surface area contributed by atoms with Gasteiger partial charge in [0.05, 0.1) is 11.4 Å². The molecule has 0 bridgehead atoms. The summed E-state index contributed by atoms with van der Waals surface area (Å²) >= 11 is 1.32. The number of amides is 1. The first-order valence-corrected chi connectivity index (χ1v) is 7.77. The molecule has 1 saturated carbocycles. The lowest BCUT2D eigenvalue weighted by molar-refractivity contribution is -0.136. The fourth-order valence-corrected chi connectivity index (χ4v) is 2.75. The Labute approximate surface area is 137 Å². The van der Waals surface area contributed by atoms with Crippen LogP contribution in [-0.4, -0.2) is 41.6 Å². The first-order chi connectivity index (χ1) is 9.89. The zero-order valence-corrected chi connectivity index (χ0v) is 13.6. The number of hydrogen-bond donors (Lipinski definition) is 1. The molecule has 4 nitrogen and oxygen atoms in total. The number of rotatable bonds is 7. The molecule has 0 spiro atoms. The number of aromatic nitrogens is 1. The highest BCUT2D eigenvalue weighted by Gasteiger charge is 2.32. The van der Waals surface area contributed by atoms with Gasteiger partial charge in [-0.1, -0.05) is 0 Å². The van der Waals surface area contributed by atoms with Crippen molar-refractivity contribution in [2.24, 2.45) is 11.7 Å². The summed E-state index contributed by atoms with van der Waals surface area (Å²) < 4.78 is 37.1. The minimum atomic E-state index is -4.26. The molecule has 1 aliphatic rings. The van der Waals surface area contributed by atoms with Crippen molar-refractivity contribution in [3.05, 3.63) is 16.1 Å². The zero-order chi connectivity index (χ0) is 15.5. The van der Waals surface area contributed by atoms with Crippen molar-refractivity contribution in [3.63, 3.8) is 0 Å². The van der Waals surface area contributed by atoms with E-state index >= 15 is 0 Å². The molecule has 1 heterocycles. The highest BCUT2D eigenvalue weighted by molar-refractivity contribution is 7.09. The fourth-order valence-electron chi connectivity index (χ4n) is 1.96. The molecule has 1 aliphatic carbocycles. The third-order valence-corrected chi connectivity index (χ3v) is 4.17. The van der Waals surface area contributed by atoms with E-state index in [4.69, 9.17) is 5.73 Å². The number of nitrogens with zero attached hydrogens (tertiary/aromatic N) is 2. The number of carbonyl (C=O) groups excluding carboxylic acids is 1. The number of nitrogens with two attached hydrogens (primary N) is 1. The van der Waals surface area contributed by atoms with Crippen molar-refractivity contribution in [2.45, 2.75) is 31.9 Å². The van der Waals surface area contributed by atoms with Gasteiger partial charge in [-0.25, -0.2) is 4.98 Å². The third-order valence-electron chi connectivity index (χ3n) is 3.26. The maximum Gasteiger partial charge on any atom is 0.390 e. The second kappa shape index (κ2) is 8.12. The van der Waals surface area contributed by atoms with Crippen molar-refractivity contribution in [2.75, 3.05) is 19.6 Å². The van der Waals surface area contributed by atoms with Gasteiger partial charge in [0, 0.05) is 24.9 Å². The Morgan fingerprint density at radius 3 is 2.68 bits per heavy atom. The molecule has 2 N–H and O–H groups in total. The number of hydrogen-bond acceptors (Lipinski definition) is 4. The van der Waals surface area contributed by atoms with Crippen LogP contribution in [0, 0.1) is 5.92 Å². The van der Waals surface area contributed by atoms with Gasteiger partial charge in [-0.05, 0) is 25.3 Å². The van der Waals surface area contributed by atoms with Crippen LogP contribution in [0.4, 0.5) is 13.2 Å². The molecular formula is C13H19ClF3N3OS. The Morgan fingerprint density at radius 1 is 1.45 bits per heavy atom. The Bertz CT molecular complexity index is 491. The van der Waals surface area contributed by atoms with Crippen molar-refractivity contribution in [1.29, 1.82) is 0 Å². The molecule has 22 heavy (non-hydrogen) atoms. The molecule has 0 unspecified atom stereocenters. The fraction of sp³-hybridized carbons (Fsp3) is 0.692. The van der Waals surface area contributed by atoms with Gasteiger partial charge in [0.15, 0.2) is 0 Å². The summed E-state index contributed by atoms with van der Waals surface area (Å²) in [6, 6.07) is 0. The maximum atomic E-state index is 12.4. The summed E-state index contributed by atoms with van der Waals surface area (Å²) in [6.07, 6.45) is -2.71. The SMILES string of the molecule is Cl.NCCc1nc(C(=O)N(CCC(F)(F)F)CC2CC2)cs1. The first-order valence-electron chi connectivity index (χ1n) is 6.89. The van der Waals surface area contributed by atoms with Crippen LogP contribution in [0.25, 0.3) is 0 Å². The van der Waals surface area contributed by atoms with E-state index in [-0.39, 0.29) is 24.6 Å². The van der Waals surface area contributed by atoms with Crippen molar-refractivity contribution < 1.29 is 18.0 Å². The van der Waals surface area contributed by atoms with Crippen LogP contribution >= 0.6 is 23.7 Å². The summed E-state index contributed by atoms with van der Waals surface area (Å²) in [4.78, 5) is 17.8. The summed E-state index contributed by atoms with van der Waals surface area (Å²) in [5.41, 5.74) is 5.65. The van der Waals surface area contributed by atoms with E-state index in [1.54, 1.807) is 5.38 Å². The van der Waals surface area contributed by atoms with E-state index in [9.17, 15) is 18.0 Å². The van der Waals surface area contributed by atoms with Crippen LogP contribution in [0.5, 0.6) is 0 Å². The lowest BCUT2D eigenvalue weighted by atomic mass is 10.3.